The molecule has 0 atom stereocenters. The molecular weight excluding hydrogens is 418 g/mol. The third-order valence-corrected chi connectivity index (χ3v) is 6.41. The van der Waals surface area contributed by atoms with Crippen molar-refractivity contribution in [2.45, 2.75) is 0 Å². The molecule has 0 amide bonds. The Hall–Kier alpha value is -3.36. The second-order valence-corrected chi connectivity index (χ2v) is 8.77. The van der Waals surface area contributed by atoms with Crippen molar-refractivity contribution < 1.29 is 0 Å². The number of anilines is 2. The highest BCUT2D eigenvalue weighted by molar-refractivity contribution is 7.11. The Balaban J connectivity index is 1.40. The minimum atomic E-state index is 0.518. The van der Waals surface area contributed by atoms with Gasteiger partial charge in [-0.15, -0.1) is 11.3 Å². The summed E-state index contributed by atoms with van der Waals surface area (Å²) < 4.78 is 0. The fourth-order valence-corrected chi connectivity index (χ4v) is 4.36. The number of nitrogens with zero attached hydrogens (tertiary/aromatic N) is 6. The van der Waals surface area contributed by atoms with Crippen molar-refractivity contribution in [2.75, 3.05) is 50.0 Å². The van der Waals surface area contributed by atoms with Crippen LogP contribution in [-0.2, 0) is 0 Å². The molecule has 1 N–H and O–H groups in total. The van der Waals surface area contributed by atoms with Gasteiger partial charge in [-0.25, -0.2) is 0 Å². The zero-order valence-electron chi connectivity index (χ0n) is 18.0. The van der Waals surface area contributed by atoms with Gasteiger partial charge in [-0.05, 0) is 41.8 Å². The molecule has 32 heavy (non-hydrogen) atoms. The number of likely N-dealkylation sites (N-methyl/N-ethyl adjacent to an activating group) is 1. The number of rotatable bonds is 5. The summed E-state index contributed by atoms with van der Waals surface area (Å²) in [6.45, 7) is 4.43. The third-order valence-electron chi connectivity index (χ3n) is 5.46. The normalized spacial score (nSPS) is 17.0. The van der Waals surface area contributed by atoms with Crippen LogP contribution in [-0.4, -0.2) is 65.5 Å². The Kier molecular flexibility index (Phi) is 6.04. The van der Waals surface area contributed by atoms with Crippen molar-refractivity contribution in [3.63, 3.8) is 0 Å². The predicted octanol–water partition coefficient (Wildman–Crippen LogP) is 3.76. The first-order valence-corrected chi connectivity index (χ1v) is 11.6. The van der Waals surface area contributed by atoms with E-state index in [1.54, 1.807) is 11.3 Å². The molecule has 0 aliphatic carbocycles. The molecule has 2 aliphatic rings. The van der Waals surface area contributed by atoms with E-state index in [2.05, 4.69) is 67.9 Å². The summed E-state index contributed by atoms with van der Waals surface area (Å²) in [7, 11) is 2.14. The minimum absolute atomic E-state index is 0.518. The van der Waals surface area contributed by atoms with Gasteiger partial charge in [-0.3, -0.25) is 4.99 Å². The van der Waals surface area contributed by atoms with Gasteiger partial charge < -0.3 is 15.1 Å². The molecule has 7 nitrogen and oxygen atoms in total. The van der Waals surface area contributed by atoms with Crippen molar-refractivity contribution in [1.82, 2.24) is 19.9 Å². The molecule has 2 aliphatic heterocycles. The van der Waals surface area contributed by atoms with Gasteiger partial charge in [0.2, 0.25) is 11.9 Å². The zero-order chi connectivity index (χ0) is 21.8. The summed E-state index contributed by atoms with van der Waals surface area (Å²) in [5.74, 6) is 2.62. The van der Waals surface area contributed by atoms with E-state index in [1.807, 2.05) is 30.4 Å². The van der Waals surface area contributed by atoms with E-state index >= 15 is 0 Å². The van der Waals surface area contributed by atoms with Crippen molar-refractivity contribution in [3.05, 3.63) is 70.2 Å². The SMILES string of the molecule is CN1CCN(c2nc(/C=C/c3ccccc3)nc(NC3=NCC(c4cccs4)=C3)n2)CC1. The molecule has 5 rings (SSSR count). The molecule has 0 radical (unpaired) electrons. The number of thiophene rings is 1. The Morgan fingerprint density at radius 1 is 0.938 bits per heavy atom. The monoisotopic (exact) mass is 443 g/mol. The van der Waals surface area contributed by atoms with Crippen LogP contribution in [0.2, 0.25) is 0 Å². The van der Waals surface area contributed by atoms with E-state index in [-0.39, 0.29) is 0 Å². The summed E-state index contributed by atoms with van der Waals surface area (Å²) in [6.07, 6.45) is 6.03. The van der Waals surface area contributed by atoms with Crippen molar-refractivity contribution >= 4 is 46.8 Å². The molecule has 0 spiro atoms. The van der Waals surface area contributed by atoms with Gasteiger partial charge in [-0.2, -0.15) is 15.0 Å². The number of hydrogen-bond acceptors (Lipinski definition) is 8. The molecule has 8 heteroatoms. The van der Waals surface area contributed by atoms with E-state index in [0.29, 0.717) is 24.3 Å². The standard InChI is InChI=1S/C24H25N7S/c1-30-11-13-31(14-12-30)24-28-21(10-9-18-6-3-2-4-7-18)26-23(29-24)27-22-16-19(17-25-22)20-8-5-15-32-20/h2-10,15-16H,11-14,17H2,1H3,(H,25,26,27,28,29)/b10-9+. The molecule has 4 heterocycles. The van der Waals surface area contributed by atoms with Gasteiger partial charge in [0.25, 0.3) is 0 Å². The Morgan fingerprint density at radius 3 is 2.56 bits per heavy atom. The molecule has 0 unspecified atom stereocenters. The molecule has 0 bridgehead atoms. The molecule has 1 fully saturated rings. The third kappa shape index (κ3) is 4.92. The van der Waals surface area contributed by atoms with Crippen LogP contribution < -0.4 is 10.2 Å². The fraction of sp³-hybridized carbons (Fsp3) is 0.250. The topological polar surface area (TPSA) is 69.5 Å². The van der Waals surface area contributed by atoms with Crippen molar-refractivity contribution in [3.8, 4) is 0 Å². The van der Waals surface area contributed by atoms with E-state index in [1.165, 1.54) is 10.5 Å². The molecule has 162 valence electrons. The van der Waals surface area contributed by atoms with E-state index in [9.17, 15) is 0 Å². The van der Waals surface area contributed by atoms with E-state index in [4.69, 9.17) is 9.97 Å². The zero-order valence-corrected chi connectivity index (χ0v) is 18.8. The van der Waals surface area contributed by atoms with E-state index in [0.717, 1.165) is 37.6 Å². The number of aliphatic imine (C=N–C) groups is 1. The maximum absolute atomic E-state index is 4.73. The first-order valence-electron chi connectivity index (χ1n) is 10.7. The molecule has 0 saturated carbocycles. The summed E-state index contributed by atoms with van der Waals surface area (Å²) in [6, 6.07) is 14.3. The Morgan fingerprint density at radius 2 is 1.78 bits per heavy atom. The highest BCUT2D eigenvalue weighted by atomic mass is 32.1. The number of aromatic nitrogens is 3. The fourth-order valence-electron chi connectivity index (χ4n) is 3.62. The quantitative estimate of drug-likeness (QED) is 0.648. The average Bonchev–Trinajstić information content (AvgIpc) is 3.51. The lowest BCUT2D eigenvalue weighted by Crippen LogP contribution is -2.45. The van der Waals surface area contributed by atoms with Crippen LogP contribution >= 0.6 is 11.3 Å². The highest BCUT2D eigenvalue weighted by Gasteiger charge is 2.19. The summed E-state index contributed by atoms with van der Waals surface area (Å²) in [5.41, 5.74) is 2.31. The van der Waals surface area contributed by atoms with Crippen LogP contribution in [0.15, 0.2) is 58.9 Å². The average molecular weight is 444 g/mol. The van der Waals surface area contributed by atoms with Gasteiger partial charge in [0.05, 0.1) is 6.54 Å². The summed E-state index contributed by atoms with van der Waals surface area (Å²) in [4.78, 5) is 24.5. The minimum Gasteiger partial charge on any atom is -0.338 e. The second kappa shape index (κ2) is 9.42. The van der Waals surface area contributed by atoms with Crippen molar-refractivity contribution in [1.29, 1.82) is 0 Å². The molecule has 3 aromatic rings. The van der Waals surface area contributed by atoms with Gasteiger partial charge in [0.15, 0.2) is 5.82 Å². The van der Waals surface area contributed by atoms with Gasteiger partial charge in [0, 0.05) is 31.1 Å². The molecule has 1 aromatic carbocycles. The van der Waals surface area contributed by atoms with Gasteiger partial charge >= 0.3 is 0 Å². The predicted molar refractivity (Wildman–Crippen MR) is 133 cm³/mol. The van der Waals surface area contributed by atoms with Crippen LogP contribution in [0.5, 0.6) is 0 Å². The Labute approximate surface area is 191 Å². The van der Waals surface area contributed by atoms with Crippen LogP contribution in [0.1, 0.15) is 16.3 Å². The molecule has 1 saturated heterocycles. The van der Waals surface area contributed by atoms with Crippen molar-refractivity contribution in [2.24, 2.45) is 4.99 Å². The number of amidine groups is 1. The summed E-state index contributed by atoms with van der Waals surface area (Å²) >= 11 is 1.73. The van der Waals surface area contributed by atoms with Crippen LogP contribution in [0.3, 0.4) is 0 Å². The number of nitrogens with one attached hydrogen (secondary N) is 1. The lowest BCUT2D eigenvalue weighted by Gasteiger charge is -2.32. The van der Waals surface area contributed by atoms with Crippen LogP contribution in [0.25, 0.3) is 17.7 Å². The van der Waals surface area contributed by atoms with Crippen LogP contribution in [0, 0.1) is 0 Å². The van der Waals surface area contributed by atoms with Gasteiger partial charge in [-0.1, -0.05) is 42.5 Å². The second-order valence-electron chi connectivity index (χ2n) is 7.82. The smallest absolute Gasteiger partial charge is 0.233 e. The Bertz CT molecular complexity index is 1140. The highest BCUT2D eigenvalue weighted by Crippen LogP contribution is 2.24. The number of piperazine rings is 1. The lowest BCUT2D eigenvalue weighted by atomic mass is 10.2. The number of hydrogen-bond donors (Lipinski definition) is 1. The molecular formula is C24H25N7S. The maximum atomic E-state index is 4.73. The van der Waals surface area contributed by atoms with E-state index < -0.39 is 0 Å². The molecule has 2 aromatic heterocycles. The first kappa shape index (κ1) is 20.5. The lowest BCUT2D eigenvalue weighted by molar-refractivity contribution is 0.311. The van der Waals surface area contributed by atoms with Gasteiger partial charge in [0.1, 0.15) is 5.84 Å². The largest absolute Gasteiger partial charge is 0.338 e. The number of benzene rings is 1. The summed E-state index contributed by atoms with van der Waals surface area (Å²) in [5, 5.41) is 5.39. The van der Waals surface area contributed by atoms with Crippen LogP contribution in [0.4, 0.5) is 11.9 Å². The maximum Gasteiger partial charge on any atom is 0.233 e. The first-order chi connectivity index (χ1) is 15.7.